The summed E-state index contributed by atoms with van der Waals surface area (Å²) in [4.78, 5) is 0. The summed E-state index contributed by atoms with van der Waals surface area (Å²) >= 11 is 6.13. The molecule has 1 aromatic heterocycles. The topological polar surface area (TPSA) is 74.2 Å². The summed E-state index contributed by atoms with van der Waals surface area (Å²) < 4.78 is 10.8. The molecule has 0 aliphatic carbocycles. The molecule has 0 spiro atoms. The number of hydrogen-bond donors (Lipinski definition) is 1. The maximum Gasteiger partial charge on any atom is 0.248 e. The fourth-order valence-corrected chi connectivity index (χ4v) is 1.81. The molecular formula is C12H14ClN3O2. The van der Waals surface area contributed by atoms with Crippen molar-refractivity contribution >= 4 is 11.6 Å². The van der Waals surface area contributed by atoms with Crippen molar-refractivity contribution < 1.29 is 9.15 Å². The van der Waals surface area contributed by atoms with E-state index in [1.54, 1.807) is 6.07 Å². The lowest BCUT2D eigenvalue weighted by atomic mass is 10.1. The van der Waals surface area contributed by atoms with Gasteiger partial charge in [0.15, 0.2) is 0 Å². The van der Waals surface area contributed by atoms with E-state index in [2.05, 4.69) is 10.2 Å². The summed E-state index contributed by atoms with van der Waals surface area (Å²) in [6.07, 6.45) is 0. The molecule has 0 saturated heterocycles. The summed E-state index contributed by atoms with van der Waals surface area (Å²) in [6, 6.07) is 3.61. The highest BCUT2D eigenvalue weighted by Crippen LogP contribution is 2.33. The number of benzene rings is 1. The number of nitrogens with zero attached hydrogens (tertiary/aromatic N) is 2. The van der Waals surface area contributed by atoms with E-state index in [0.29, 0.717) is 29.2 Å². The van der Waals surface area contributed by atoms with Crippen molar-refractivity contribution in [3.63, 3.8) is 0 Å². The van der Waals surface area contributed by atoms with Crippen LogP contribution in [-0.4, -0.2) is 16.8 Å². The van der Waals surface area contributed by atoms with E-state index in [9.17, 15) is 0 Å². The van der Waals surface area contributed by atoms with Crippen molar-refractivity contribution in [2.75, 3.05) is 6.61 Å². The van der Waals surface area contributed by atoms with Gasteiger partial charge in [-0.2, -0.15) is 0 Å². The van der Waals surface area contributed by atoms with Crippen molar-refractivity contribution in [2.24, 2.45) is 5.73 Å². The van der Waals surface area contributed by atoms with Crippen LogP contribution in [0, 0.1) is 6.92 Å². The molecule has 0 unspecified atom stereocenters. The first kappa shape index (κ1) is 12.9. The summed E-state index contributed by atoms with van der Waals surface area (Å²) in [6.45, 7) is 4.62. The monoisotopic (exact) mass is 267 g/mol. The van der Waals surface area contributed by atoms with Crippen molar-refractivity contribution in [3.05, 3.63) is 28.6 Å². The van der Waals surface area contributed by atoms with Crippen LogP contribution in [0.1, 0.15) is 18.4 Å². The molecule has 2 rings (SSSR count). The van der Waals surface area contributed by atoms with Crippen LogP contribution in [0.4, 0.5) is 0 Å². The molecule has 0 amide bonds. The van der Waals surface area contributed by atoms with E-state index in [0.717, 1.165) is 11.1 Å². The number of rotatable bonds is 4. The Hall–Kier alpha value is -1.59. The smallest absolute Gasteiger partial charge is 0.248 e. The molecule has 2 N–H and O–H groups in total. The summed E-state index contributed by atoms with van der Waals surface area (Å²) in [5.74, 6) is 1.46. The lowest BCUT2D eigenvalue weighted by Crippen LogP contribution is -1.95. The van der Waals surface area contributed by atoms with E-state index in [4.69, 9.17) is 26.5 Å². The highest BCUT2D eigenvalue weighted by molar-refractivity contribution is 6.32. The van der Waals surface area contributed by atoms with Gasteiger partial charge < -0.3 is 14.9 Å². The average molecular weight is 268 g/mol. The zero-order valence-corrected chi connectivity index (χ0v) is 11.0. The molecule has 0 aliphatic heterocycles. The van der Waals surface area contributed by atoms with Crippen LogP contribution in [-0.2, 0) is 6.54 Å². The van der Waals surface area contributed by atoms with Crippen molar-refractivity contribution in [2.45, 2.75) is 20.4 Å². The summed E-state index contributed by atoms with van der Waals surface area (Å²) in [5.41, 5.74) is 7.17. The molecule has 1 heterocycles. The lowest BCUT2D eigenvalue weighted by molar-refractivity contribution is 0.340. The van der Waals surface area contributed by atoms with Gasteiger partial charge in [0.1, 0.15) is 5.75 Å². The van der Waals surface area contributed by atoms with Gasteiger partial charge >= 0.3 is 0 Å². The third kappa shape index (κ3) is 2.47. The Morgan fingerprint density at radius 1 is 1.39 bits per heavy atom. The SMILES string of the molecule is CCOc1cc(C)c(-c2nnc(CN)o2)cc1Cl. The third-order valence-corrected chi connectivity index (χ3v) is 2.75. The van der Waals surface area contributed by atoms with Crippen LogP contribution in [0.15, 0.2) is 16.5 Å². The van der Waals surface area contributed by atoms with E-state index < -0.39 is 0 Å². The second kappa shape index (κ2) is 5.37. The molecule has 0 aliphatic rings. The lowest BCUT2D eigenvalue weighted by Gasteiger charge is -2.09. The molecule has 0 fully saturated rings. The third-order valence-electron chi connectivity index (χ3n) is 2.45. The fourth-order valence-electron chi connectivity index (χ4n) is 1.60. The number of aryl methyl sites for hydroxylation is 1. The van der Waals surface area contributed by atoms with Crippen LogP contribution in [0.3, 0.4) is 0 Å². The first-order chi connectivity index (χ1) is 8.65. The van der Waals surface area contributed by atoms with E-state index >= 15 is 0 Å². The van der Waals surface area contributed by atoms with Gasteiger partial charge in [0.25, 0.3) is 0 Å². The standard InChI is InChI=1S/C12H14ClN3O2/c1-3-17-10-4-7(2)8(5-9(10)13)12-16-15-11(6-14)18-12/h4-5H,3,6,14H2,1-2H3. The number of nitrogens with two attached hydrogens (primary N) is 1. The van der Waals surface area contributed by atoms with Gasteiger partial charge in [-0.1, -0.05) is 11.6 Å². The molecule has 5 nitrogen and oxygen atoms in total. The van der Waals surface area contributed by atoms with Gasteiger partial charge in [-0.05, 0) is 31.5 Å². The van der Waals surface area contributed by atoms with Crippen LogP contribution in [0.25, 0.3) is 11.5 Å². The first-order valence-corrected chi connectivity index (χ1v) is 5.99. The predicted molar refractivity (Wildman–Crippen MR) is 68.5 cm³/mol. The van der Waals surface area contributed by atoms with Gasteiger partial charge in [0.2, 0.25) is 11.8 Å². The number of aromatic nitrogens is 2. The Labute approximate surface area is 110 Å². The number of ether oxygens (including phenoxy) is 1. The van der Waals surface area contributed by atoms with Gasteiger partial charge in [-0.15, -0.1) is 10.2 Å². The van der Waals surface area contributed by atoms with Crippen LogP contribution in [0.5, 0.6) is 5.75 Å². The van der Waals surface area contributed by atoms with E-state index in [-0.39, 0.29) is 6.54 Å². The molecule has 18 heavy (non-hydrogen) atoms. The van der Waals surface area contributed by atoms with E-state index in [1.807, 2.05) is 19.9 Å². The second-order valence-corrected chi connectivity index (χ2v) is 4.14. The predicted octanol–water partition coefficient (Wildman–Crippen LogP) is 2.56. The van der Waals surface area contributed by atoms with Crippen molar-refractivity contribution in [3.8, 4) is 17.2 Å². The molecule has 0 bridgehead atoms. The summed E-state index contributed by atoms with van der Waals surface area (Å²) in [7, 11) is 0. The second-order valence-electron chi connectivity index (χ2n) is 3.74. The average Bonchev–Trinajstić information content (AvgIpc) is 2.82. The normalized spacial score (nSPS) is 10.7. The molecule has 96 valence electrons. The maximum absolute atomic E-state index is 6.13. The molecule has 1 aromatic carbocycles. The zero-order chi connectivity index (χ0) is 13.1. The van der Waals surface area contributed by atoms with Gasteiger partial charge in [-0.25, -0.2) is 0 Å². The molecule has 0 saturated carbocycles. The molecular weight excluding hydrogens is 254 g/mol. The quantitative estimate of drug-likeness (QED) is 0.921. The van der Waals surface area contributed by atoms with Gasteiger partial charge in [0, 0.05) is 5.56 Å². The van der Waals surface area contributed by atoms with Gasteiger partial charge in [-0.3, -0.25) is 0 Å². The minimum Gasteiger partial charge on any atom is -0.492 e. The van der Waals surface area contributed by atoms with Crippen LogP contribution in [0.2, 0.25) is 5.02 Å². The Kier molecular flexibility index (Phi) is 3.84. The molecule has 6 heteroatoms. The van der Waals surface area contributed by atoms with E-state index in [1.165, 1.54) is 0 Å². The number of halogens is 1. The zero-order valence-electron chi connectivity index (χ0n) is 10.2. The maximum atomic E-state index is 6.13. The first-order valence-electron chi connectivity index (χ1n) is 5.61. The minimum atomic E-state index is 0.219. The van der Waals surface area contributed by atoms with Crippen molar-refractivity contribution in [1.29, 1.82) is 0 Å². The van der Waals surface area contributed by atoms with Crippen LogP contribution < -0.4 is 10.5 Å². The minimum absolute atomic E-state index is 0.219. The molecule has 0 radical (unpaired) electrons. The summed E-state index contributed by atoms with van der Waals surface area (Å²) in [5, 5.41) is 8.28. The largest absolute Gasteiger partial charge is 0.492 e. The molecule has 0 atom stereocenters. The van der Waals surface area contributed by atoms with Gasteiger partial charge in [0.05, 0.1) is 18.2 Å². The Bertz CT molecular complexity index is 554. The Morgan fingerprint density at radius 3 is 2.78 bits per heavy atom. The van der Waals surface area contributed by atoms with Crippen molar-refractivity contribution in [1.82, 2.24) is 10.2 Å². The molecule has 2 aromatic rings. The fraction of sp³-hybridized carbons (Fsp3) is 0.333. The Morgan fingerprint density at radius 2 is 2.17 bits per heavy atom. The highest BCUT2D eigenvalue weighted by Gasteiger charge is 2.13. The number of hydrogen-bond acceptors (Lipinski definition) is 5. The Balaban J connectivity index is 2.42. The highest BCUT2D eigenvalue weighted by atomic mass is 35.5. The van der Waals surface area contributed by atoms with Crippen LogP contribution >= 0.6 is 11.6 Å².